The Morgan fingerprint density at radius 2 is 1.26 bits per heavy atom. The molecule has 0 aromatic heterocycles. The first-order chi connectivity index (χ1) is 10.5. The van der Waals surface area contributed by atoms with Gasteiger partial charge in [0.15, 0.2) is 0 Å². The van der Waals surface area contributed by atoms with E-state index >= 15 is 0 Å². The SMILES string of the molecule is CC(C)(C)c1cc(Nc2ccc(F)cc2F)cc(C(C)(C)C)c1. The Hall–Kier alpha value is -1.90. The molecule has 3 heteroatoms. The Morgan fingerprint density at radius 1 is 0.739 bits per heavy atom. The Labute approximate surface area is 137 Å². The Balaban J connectivity index is 2.49. The monoisotopic (exact) mass is 317 g/mol. The van der Waals surface area contributed by atoms with Gasteiger partial charge in [-0.1, -0.05) is 47.6 Å². The molecule has 124 valence electrons. The number of anilines is 2. The second-order valence-corrected chi connectivity index (χ2v) is 8.05. The highest BCUT2D eigenvalue weighted by Gasteiger charge is 2.20. The number of nitrogens with one attached hydrogen (secondary N) is 1. The maximum absolute atomic E-state index is 13.9. The van der Waals surface area contributed by atoms with E-state index in [-0.39, 0.29) is 16.5 Å². The van der Waals surface area contributed by atoms with E-state index in [9.17, 15) is 8.78 Å². The third kappa shape index (κ3) is 4.31. The van der Waals surface area contributed by atoms with Crippen molar-refractivity contribution in [1.29, 1.82) is 0 Å². The van der Waals surface area contributed by atoms with Crippen LogP contribution in [0.3, 0.4) is 0 Å². The van der Waals surface area contributed by atoms with Crippen molar-refractivity contribution in [3.63, 3.8) is 0 Å². The first kappa shape index (κ1) is 17.5. The minimum Gasteiger partial charge on any atom is -0.353 e. The van der Waals surface area contributed by atoms with Gasteiger partial charge >= 0.3 is 0 Å². The molecule has 23 heavy (non-hydrogen) atoms. The maximum Gasteiger partial charge on any atom is 0.149 e. The molecule has 0 amide bonds. The molecule has 0 atom stereocenters. The molecule has 1 N–H and O–H groups in total. The van der Waals surface area contributed by atoms with Crippen LogP contribution in [0.5, 0.6) is 0 Å². The van der Waals surface area contributed by atoms with Crippen LogP contribution in [-0.2, 0) is 10.8 Å². The molecule has 1 nitrogen and oxygen atoms in total. The zero-order valence-corrected chi connectivity index (χ0v) is 14.7. The lowest BCUT2D eigenvalue weighted by Gasteiger charge is -2.26. The predicted octanol–water partition coefficient (Wildman–Crippen LogP) is 6.30. The van der Waals surface area contributed by atoms with E-state index in [4.69, 9.17) is 0 Å². The van der Waals surface area contributed by atoms with Gasteiger partial charge in [0.05, 0.1) is 5.69 Å². The van der Waals surface area contributed by atoms with Gasteiger partial charge < -0.3 is 5.32 Å². The molecule has 0 saturated heterocycles. The smallest absolute Gasteiger partial charge is 0.149 e. The number of benzene rings is 2. The van der Waals surface area contributed by atoms with Gasteiger partial charge in [-0.25, -0.2) is 8.78 Å². The van der Waals surface area contributed by atoms with Crippen LogP contribution in [0.1, 0.15) is 52.7 Å². The van der Waals surface area contributed by atoms with Crippen molar-refractivity contribution < 1.29 is 8.78 Å². The molecule has 0 unspecified atom stereocenters. The third-order valence-electron chi connectivity index (χ3n) is 3.88. The zero-order chi connectivity index (χ0) is 17.4. The summed E-state index contributed by atoms with van der Waals surface area (Å²) in [4.78, 5) is 0. The molecule has 0 aliphatic heterocycles. The molecule has 0 aliphatic carbocycles. The Kier molecular flexibility index (Phi) is 4.52. The standard InChI is InChI=1S/C20H25F2N/c1-19(2,3)13-9-14(20(4,5)6)11-16(10-13)23-18-8-7-15(21)12-17(18)22/h7-12,23H,1-6H3. The third-order valence-corrected chi connectivity index (χ3v) is 3.88. The second kappa shape index (κ2) is 5.95. The lowest BCUT2D eigenvalue weighted by atomic mass is 9.80. The summed E-state index contributed by atoms with van der Waals surface area (Å²) in [5.74, 6) is -1.17. The van der Waals surface area contributed by atoms with Crippen molar-refractivity contribution in [1.82, 2.24) is 0 Å². The number of hydrogen-bond donors (Lipinski definition) is 1. The van der Waals surface area contributed by atoms with Crippen molar-refractivity contribution in [2.45, 2.75) is 52.4 Å². The molecule has 2 rings (SSSR count). The van der Waals surface area contributed by atoms with Crippen molar-refractivity contribution in [3.8, 4) is 0 Å². The van der Waals surface area contributed by atoms with Crippen LogP contribution >= 0.6 is 0 Å². The lowest BCUT2D eigenvalue weighted by Crippen LogP contribution is -2.16. The molecular weight excluding hydrogens is 292 g/mol. The number of hydrogen-bond acceptors (Lipinski definition) is 1. The fraction of sp³-hybridized carbons (Fsp3) is 0.400. The largest absolute Gasteiger partial charge is 0.353 e. The van der Waals surface area contributed by atoms with Gasteiger partial charge in [-0.05, 0) is 46.2 Å². The molecule has 2 aromatic rings. The van der Waals surface area contributed by atoms with Crippen molar-refractivity contribution in [2.75, 3.05) is 5.32 Å². The molecule has 0 saturated carbocycles. The molecule has 0 heterocycles. The average molecular weight is 317 g/mol. The number of rotatable bonds is 2. The van der Waals surface area contributed by atoms with Gasteiger partial charge in [0, 0.05) is 11.8 Å². The molecule has 0 spiro atoms. The van der Waals surface area contributed by atoms with Crippen LogP contribution in [0.25, 0.3) is 0 Å². The summed E-state index contributed by atoms with van der Waals surface area (Å²) < 4.78 is 27.0. The van der Waals surface area contributed by atoms with Crippen LogP contribution < -0.4 is 5.32 Å². The molecule has 0 fully saturated rings. The van der Waals surface area contributed by atoms with Crippen LogP contribution in [0, 0.1) is 11.6 Å². The van der Waals surface area contributed by atoms with Gasteiger partial charge in [0.25, 0.3) is 0 Å². The van der Waals surface area contributed by atoms with Crippen LogP contribution in [0.2, 0.25) is 0 Å². The second-order valence-electron chi connectivity index (χ2n) is 8.05. The van der Waals surface area contributed by atoms with Gasteiger partial charge in [0.1, 0.15) is 11.6 Å². The van der Waals surface area contributed by atoms with Crippen LogP contribution in [0.15, 0.2) is 36.4 Å². The van der Waals surface area contributed by atoms with E-state index in [0.29, 0.717) is 0 Å². The maximum atomic E-state index is 13.9. The summed E-state index contributed by atoms with van der Waals surface area (Å²) >= 11 is 0. The van der Waals surface area contributed by atoms with Crippen LogP contribution in [0.4, 0.5) is 20.2 Å². The highest BCUT2D eigenvalue weighted by atomic mass is 19.1. The molecule has 0 radical (unpaired) electrons. The normalized spacial score (nSPS) is 12.3. The van der Waals surface area contributed by atoms with E-state index in [0.717, 1.165) is 11.8 Å². The topological polar surface area (TPSA) is 12.0 Å². The van der Waals surface area contributed by atoms with E-state index < -0.39 is 11.6 Å². The van der Waals surface area contributed by atoms with Crippen molar-refractivity contribution in [2.24, 2.45) is 0 Å². The first-order valence-electron chi connectivity index (χ1n) is 7.85. The van der Waals surface area contributed by atoms with Gasteiger partial charge in [-0.2, -0.15) is 0 Å². The molecule has 2 aromatic carbocycles. The Bertz CT molecular complexity index is 674. The van der Waals surface area contributed by atoms with E-state index in [1.165, 1.54) is 23.3 Å². The highest BCUT2D eigenvalue weighted by molar-refractivity contribution is 5.63. The molecule has 0 bridgehead atoms. The van der Waals surface area contributed by atoms with E-state index in [1.54, 1.807) is 0 Å². The van der Waals surface area contributed by atoms with Gasteiger partial charge in [-0.15, -0.1) is 0 Å². The summed E-state index contributed by atoms with van der Waals surface area (Å²) in [5, 5.41) is 3.08. The first-order valence-corrected chi connectivity index (χ1v) is 7.85. The summed E-state index contributed by atoms with van der Waals surface area (Å²) in [5.41, 5.74) is 3.41. The van der Waals surface area contributed by atoms with Gasteiger partial charge in [0.2, 0.25) is 0 Å². The van der Waals surface area contributed by atoms with Crippen molar-refractivity contribution >= 4 is 11.4 Å². The summed E-state index contributed by atoms with van der Waals surface area (Å²) in [6.45, 7) is 12.9. The predicted molar refractivity (Wildman–Crippen MR) is 93.5 cm³/mol. The van der Waals surface area contributed by atoms with Crippen LogP contribution in [-0.4, -0.2) is 0 Å². The molecule has 0 aliphatic rings. The summed E-state index contributed by atoms with van der Waals surface area (Å²) in [7, 11) is 0. The lowest BCUT2D eigenvalue weighted by molar-refractivity contribution is 0.569. The highest BCUT2D eigenvalue weighted by Crippen LogP contribution is 2.33. The minimum absolute atomic E-state index is 0.0149. The summed E-state index contributed by atoms with van der Waals surface area (Å²) in [6, 6.07) is 9.82. The van der Waals surface area contributed by atoms with E-state index in [2.05, 4.69) is 52.9 Å². The average Bonchev–Trinajstić information content (AvgIpc) is 2.40. The quantitative estimate of drug-likeness (QED) is 0.685. The number of halogens is 2. The fourth-order valence-corrected chi connectivity index (χ4v) is 2.31. The minimum atomic E-state index is -0.594. The van der Waals surface area contributed by atoms with Gasteiger partial charge in [-0.3, -0.25) is 0 Å². The summed E-state index contributed by atoms with van der Waals surface area (Å²) in [6.07, 6.45) is 0. The Morgan fingerprint density at radius 3 is 1.70 bits per heavy atom. The fourth-order valence-electron chi connectivity index (χ4n) is 2.31. The van der Waals surface area contributed by atoms with Crippen molar-refractivity contribution in [3.05, 3.63) is 59.2 Å². The zero-order valence-electron chi connectivity index (χ0n) is 14.7. The van der Waals surface area contributed by atoms with E-state index in [1.807, 2.05) is 12.1 Å². The molecular formula is C20H25F2N.